The molecule has 122 valence electrons. The van der Waals surface area contributed by atoms with Gasteiger partial charge in [0.25, 0.3) is 0 Å². The summed E-state index contributed by atoms with van der Waals surface area (Å²) >= 11 is 29.7. The minimum Gasteiger partial charge on any atom is -0.422 e. The van der Waals surface area contributed by atoms with E-state index in [2.05, 4.69) is 0 Å². The number of hydrogen-bond donors (Lipinski definition) is 1. The van der Waals surface area contributed by atoms with Gasteiger partial charge in [-0.2, -0.15) is 0 Å². The molecule has 8 heteroatoms. The second-order valence-corrected chi connectivity index (χ2v) is 6.51. The van der Waals surface area contributed by atoms with E-state index in [1.165, 1.54) is 0 Å². The van der Waals surface area contributed by atoms with Crippen LogP contribution in [0.15, 0.2) is 30.3 Å². The van der Waals surface area contributed by atoms with Crippen LogP contribution in [0.25, 0.3) is 0 Å². The quantitative estimate of drug-likeness (QED) is 0.315. The van der Waals surface area contributed by atoms with Gasteiger partial charge in [-0.1, -0.05) is 88.3 Å². The van der Waals surface area contributed by atoms with Crippen molar-refractivity contribution >= 4 is 64.0 Å². The normalized spacial score (nSPS) is 12.1. The zero-order valence-electron chi connectivity index (χ0n) is 11.5. The molecule has 0 aliphatic carbocycles. The predicted molar refractivity (Wildman–Crippen MR) is 95.2 cm³/mol. The maximum absolute atomic E-state index is 12.1. The molecule has 2 aromatic rings. The second-order valence-electron chi connectivity index (χ2n) is 4.62. The van der Waals surface area contributed by atoms with Gasteiger partial charge in [0.05, 0.1) is 15.1 Å². The summed E-state index contributed by atoms with van der Waals surface area (Å²) in [7, 11) is 0. The Kier molecular flexibility index (Phi) is 6.43. The molecule has 0 saturated carbocycles. The summed E-state index contributed by atoms with van der Waals surface area (Å²) in [6, 6.07) is 8.36. The van der Waals surface area contributed by atoms with Crippen molar-refractivity contribution in [3.63, 3.8) is 0 Å². The van der Waals surface area contributed by atoms with Crippen molar-refractivity contribution in [3.05, 3.63) is 61.0 Å². The number of carbonyl (C=O) groups excluding carboxylic acids is 1. The highest BCUT2D eigenvalue weighted by atomic mass is 35.5. The minimum atomic E-state index is -0.905. The highest BCUT2D eigenvalue weighted by molar-refractivity contribution is 6.55. The molecule has 0 fully saturated rings. The third kappa shape index (κ3) is 4.24. The van der Waals surface area contributed by atoms with Gasteiger partial charge < -0.3 is 10.5 Å². The first-order valence-electron chi connectivity index (χ1n) is 6.35. The van der Waals surface area contributed by atoms with Crippen LogP contribution in [0.4, 0.5) is 0 Å². The number of benzene rings is 2. The number of carbonyl (C=O) groups is 1. The molecule has 1 atom stereocenters. The third-order valence-electron chi connectivity index (χ3n) is 2.97. The summed E-state index contributed by atoms with van der Waals surface area (Å²) in [6.07, 6.45) is 0.296. The van der Waals surface area contributed by atoms with Crippen LogP contribution in [-0.4, -0.2) is 12.0 Å². The van der Waals surface area contributed by atoms with E-state index in [0.29, 0.717) is 6.42 Å². The average molecular weight is 414 g/mol. The lowest BCUT2D eigenvalue weighted by molar-refractivity contribution is -0.135. The average Bonchev–Trinajstić information content (AvgIpc) is 2.55. The Morgan fingerprint density at radius 1 is 0.913 bits per heavy atom. The third-order valence-corrected chi connectivity index (χ3v) is 5.22. The molecular formula is C15H10Cl5NO2. The van der Waals surface area contributed by atoms with Crippen molar-refractivity contribution in [2.75, 3.05) is 0 Å². The zero-order valence-corrected chi connectivity index (χ0v) is 15.2. The molecule has 23 heavy (non-hydrogen) atoms. The Bertz CT molecular complexity index is 707. The summed E-state index contributed by atoms with van der Waals surface area (Å²) < 4.78 is 5.17. The fourth-order valence-corrected chi connectivity index (χ4v) is 3.00. The van der Waals surface area contributed by atoms with Crippen molar-refractivity contribution in [2.45, 2.75) is 12.5 Å². The highest BCUT2D eigenvalue weighted by Gasteiger charge is 2.25. The van der Waals surface area contributed by atoms with Gasteiger partial charge in [-0.15, -0.1) is 0 Å². The largest absolute Gasteiger partial charge is 0.422 e. The monoisotopic (exact) mass is 411 g/mol. The molecule has 0 spiro atoms. The van der Waals surface area contributed by atoms with Crippen LogP contribution in [0.3, 0.4) is 0 Å². The van der Waals surface area contributed by atoms with Crippen LogP contribution in [0.2, 0.25) is 25.1 Å². The van der Waals surface area contributed by atoms with Crippen molar-refractivity contribution in [3.8, 4) is 5.75 Å². The first kappa shape index (κ1) is 18.7. The second kappa shape index (κ2) is 7.93. The molecule has 0 aliphatic heterocycles. The number of nitrogens with two attached hydrogens (primary N) is 1. The molecular weight excluding hydrogens is 403 g/mol. The first-order chi connectivity index (χ1) is 10.8. The van der Waals surface area contributed by atoms with Gasteiger partial charge in [0.2, 0.25) is 0 Å². The Labute approximate surface area is 158 Å². The summed E-state index contributed by atoms with van der Waals surface area (Å²) in [6.45, 7) is 0. The van der Waals surface area contributed by atoms with E-state index >= 15 is 0 Å². The van der Waals surface area contributed by atoms with Gasteiger partial charge in [0, 0.05) is 0 Å². The van der Waals surface area contributed by atoms with Crippen molar-refractivity contribution in [1.29, 1.82) is 0 Å². The van der Waals surface area contributed by atoms with E-state index in [-0.39, 0.29) is 30.9 Å². The molecule has 0 aliphatic rings. The Hall–Kier alpha value is -0.680. The van der Waals surface area contributed by atoms with Crippen LogP contribution in [-0.2, 0) is 11.2 Å². The van der Waals surface area contributed by atoms with Crippen LogP contribution < -0.4 is 10.5 Å². The molecule has 0 bridgehead atoms. The number of hydrogen-bond acceptors (Lipinski definition) is 3. The SMILES string of the molecule is N[C@H](Cc1ccccc1)C(=O)Oc1c(Cl)c(Cl)c(Cl)c(Cl)c1Cl. The lowest BCUT2D eigenvalue weighted by atomic mass is 10.1. The number of esters is 1. The standard InChI is InChI=1S/C15H10Cl5NO2/c16-9-10(17)12(19)14(13(20)11(9)18)23-15(22)8(21)6-7-4-2-1-3-5-7/h1-5,8H,6,21H2/t8-/m1/s1. The first-order valence-corrected chi connectivity index (χ1v) is 8.24. The van der Waals surface area contributed by atoms with E-state index in [1.807, 2.05) is 30.3 Å². The molecule has 0 aromatic heterocycles. The number of rotatable bonds is 4. The van der Waals surface area contributed by atoms with E-state index in [9.17, 15) is 4.79 Å². The smallest absolute Gasteiger partial charge is 0.328 e. The summed E-state index contributed by atoms with van der Waals surface area (Å²) in [5.74, 6) is -0.881. The molecule has 2 N–H and O–H groups in total. The molecule has 0 heterocycles. The van der Waals surface area contributed by atoms with E-state index < -0.39 is 12.0 Å². The summed E-state index contributed by atoms with van der Waals surface area (Å²) in [5.41, 5.74) is 6.74. The fourth-order valence-electron chi connectivity index (χ4n) is 1.80. The van der Waals surface area contributed by atoms with Gasteiger partial charge >= 0.3 is 5.97 Å². The Morgan fingerprint density at radius 3 is 1.91 bits per heavy atom. The number of halogens is 5. The lowest BCUT2D eigenvalue weighted by Crippen LogP contribution is -2.36. The van der Waals surface area contributed by atoms with E-state index in [4.69, 9.17) is 68.5 Å². The van der Waals surface area contributed by atoms with Gasteiger partial charge in [-0.05, 0) is 12.0 Å². The van der Waals surface area contributed by atoms with E-state index in [0.717, 1.165) is 5.56 Å². The Morgan fingerprint density at radius 2 is 1.39 bits per heavy atom. The van der Waals surface area contributed by atoms with Gasteiger partial charge in [-0.25, -0.2) is 4.79 Å². The van der Waals surface area contributed by atoms with Gasteiger partial charge in [0.15, 0.2) is 5.75 Å². The molecule has 0 amide bonds. The van der Waals surface area contributed by atoms with E-state index in [1.54, 1.807) is 0 Å². The molecule has 2 aromatic carbocycles. The topological polar surface area (TPSA) is 52.3 Å². The predicted octanol–water partition coefficient (Wildman–Crippen LogP) is 5.43. The van der Waals surface area contributed by atoms with Gasteiger partial charge in [-0.3, -0.25) is 0 Å². The highest BCUT2D eigenvalue weighted by Crippen LogP contribution is 2.48. The maximum atomic E-state index is 12.1. The number of ether oxygens (including phenoxy) is 1. The molecule has 3 nitrogen and oxygen atoms in total. The van der Waals surface area contributed by atoms with Crippen LogP contribution in [0.1, 0.15) is 5.56 Å². The molecule has 0 saturated heterocycles. The van der Waals surface area contributed by atoms with Crippen molar-refractivity contribution < 1.29 is 9.53 Å². The van der Waals surface area contributed by atoms with Crippen molar-refractivity contribution in [2.24, 2.45) is 5.73 Å². The Balaban J connectivity index is 2.20. The van der Waals surface area contributed by atoms with Gasteiger partial charge in [0.1, 0.15) is 16.1 Å². The maximum Gasteiger partial charge on any atom is 0.328 e. The molecule has 0 unspecified atom stereocenters. The van der Waals surface area contributed by atoms with Crippen LogP contribution in [0.5, 0.6) is 5.75 Å². The van der Waals surface area contributed by atoms with Crippen LogP contribution >= 0.6 is 58.0 Å². The fraction of sp³-hybridized carbons (Fsp3) is 0.133. The van der Waals surface area contributed by atoms with Crippen LogP contribution in [0, 0.1) is 0 Å². The molecule has 0 radical (unpaired) electrons. The minimum absolute atomic E-state index is 0.0169. The lowest BCUT2D eigenvalue weighted by Gasteiger charge is -2.15. The molecule has 2 rings (SSSR count). The zero-order chi connectivity index (χ0) is 17.1. The van der Waals surface area contributed by atoms with Crippen molar-refractivity contribution in [1.82, 2.24) is 0 Å². The summed E-state index contributed by atoms with van der Waals surface area (Å²) in [4.78, 5) is 12.1. The summed E-state index contributed by atoms with van der Waals surface area (Å²) in [5, 5.41) is -0.335.